The summed E-state index contributed by atoms with van der Waals surface area (Å²) in [4.78, 5) is 14.0. The Kier molecular flexibility index (Phi) is 2.86. The number of hydrogen-bond donors (Lipinski definition) is 1. The van der Waals surface area contributed by atoms with Crippen LogP contribution >= 0.6 is 0 Å². The smallest absolute Gasteiger partial charge is 0.249 e. The Balaban J connectivity index is 2.53. The van der Waals surface area contributed by atoms with Crippen molar-refractivity contribution in [3.05, 3.63) is 23.3 Å². The molecule has 2 rings (SSSR count). The van der Waals surface area contributed by atoms with Crippen LogP contribution in [0.1, 0.15) is 25.0 Å². The monoisotopic (exact) mass is 232 g/mol. The van der Waals surface area contributed by atoms with Crippen LogP contribution in [0.3, 0.4) is 0 Å². The summed E-state index contributed by atoms with van der Waals surface area (Å²) >= 11 is 0. The van der Waals surface area contributed by atoms with Gasteiger partial charge in [-0.2, -0.15) is 0 Å². The molecule has 1 aliphatic heterocycles. The Labute approximate surface area is 103 Å². The number of likely N-dealkylation sites (N-methyl/N-ethyl adjacent to an activating group) is 1. The van der Waals surface area contributed by atoms with Gasteiger partial charge in [0.25, 0.3) is 0 Å². The fraction of sp³-hybridized carbons (Fsp3) is 0.500. The number of hydrogen-bond acceptors (Lipinski definition) is 2. The summed E-state index contributed by atoms with van der Waals surface area (Å²) in [5.41, 5.74) is 4.45. The van der Waals surface area contributed by atoms with Crippen molar-refractivity contribution in [1.82, 2.24) is 0 Å². The number of carbonyl (C=O) groups excluding carboxylic acids is 1. The summed E-state index contributed by atoms with van der Waals surface area (Å²) in [6.45, 7) is 8.26. The van der Waals surface area contributed by atoms with Crippen molar-refractivity contribution >= 4 is 17.3 Å². The van der Waals surface area contributed by atoms with Crippen molar-refractivity contribution in [2.45, 2.75) is 33.7 Å². The summed E-state index contributed by atoms with van der Waals surface area (Å²) < 4.78 is 0. The fourth-order valence-corrected chi connectivity index (χ4v) is 2.52. The maximum atomic E-state index is 12.2. The average Bonchev–Trinajstić information content (AvgIpc) is 2.21. The Morgan fingerprint density at radius 1 is 1.29 bits per heavy atom. The van der Waals surface area contributed by atoms with Gasteiger partial charge in [0.2, 0.25) is 5.91 Å². The minimum absolute atomic E-state index is 0.117. The van der Waals surface area contributed by atoms with Gasteiger partial charge in [0.15, 0.2) is 0 Å². The van der Waals surface area contributed by atoms with E-state index in [1.807, 2.05) is 14.0 Å². The third-order valence-electron chi connectivity index (χ3n) is 3.35. The third-order valence-corrected chi connectivity index (χ3v) is 3.35. The summed E-state index contributed by atoms with van der Waals surface area (Å²) in [5, 5.41) is 3.37. The van der Waals surface area contributed by atoms with Crippen LogP contribution in [0.5, 0.6) is 0 Å². The number of carbonyl (C=O) groups is 1. The topological polar surface area (TPSA) is 32.3 Å². The van der Waals surface area contributed by atoms with Gasteiger partial charge in [0.1, 0.15) is 6.04 Å². The zero-order chi connectivity index (χ0) is 12.7. The Morgan fingerprint density at radius 3 is 2.53 bits per heavy atom. The van der Waals surface area contributed by atoms with E-state index in [1.54, 1.807) is 4.90 Å². The SMILES string of the molecule is Cc1cc(C)c2c(c1)NC(C(C)C)C(=O)N2C. The van der Waals surface area contributed by atoms with Crippen LogP contribution in [-0.2, 0) is 4.79 Å². The quantitative estimate of drug-likeness (QED) is 0.807. The first-order chi connectivity index (χ1) is 7.91. The predicted octanol–water partition coefficient (Wildman–Crippen LogP) is 2.72. The van der Waals surface area contributed by atoms with E-state index < -0.39 is 0 Å². The van der Waals surface area contributed by atoms with Gasteiger partial charge in [0, 0.05) is 7.05 Å². The Morgan fingerprint density at radius 2 is 1.94 bits per heavy atom. The van der Waals surface area contributed by atoms with Crippen LogP contribution < -0.4 is 10.2 Å². The van der Waals surface area contributed by atoms with Crippen molar-refractivity contribution < 1.29 is 4.79 Å². The predicted molar refractivity (Wildman–Crippen MR) is 71.6 cm³/mol. The highest BCUT2D eigenvalue weighted by molar-refractivity contribution is 6.05. The molecular formula is C14H20N2O. The molecule has 0 spiro atoms. The molecule has 3 heteroatoms. The molecule has 1 N–H and O–H groups in total. The molecule has 92 valence electrons. The number of fused-ring (bicyclic) bond motifs is 1. The highest BCUT2D eigenvalue weighted by atomic mass is 16.2. The van der Waals surface area contributed by atoms with Crippen molar-refractivity contribution in [3.63, 3.8) is 0 Å². The van der Waals surface area contributed by atoms with Crippen molar-refractivity contribution in [2.75, 3.05) is 17.3 Å². The molecule has 1 unspecified atom stereocenters. The first kappa shape index (κ1) is 12.0. The Bertz CT molecular complexity index is 466. The fourth-order valence-electron chi connectivity index (χ4n) is 2.52. The average molecular weight is 232 g/mol. The van der Waals surface area contributed by atoms with Crippen molar-refractivity contribution in [1.29, 1.82) is 0 Å². The molecule has 1 amide bonds. The van der Waals surface area contributed by atoms with E-state index in [4.69, 9.17) is 0 Å². The van der Waals surface area contributed by atoms with Crippen LogP contribution in [0.15, 0.2) is 12.1 Å². The molecule has 0 bridgehead atoms. The lowest BCUT2D eigenvalue weighted by molar-refractivity contribution is -0.120. The molecule has 0 saturated carbocycles. The molecule has 0 aromatic heterocycles. The number of anilines is 2. The molecule has 1 aliphatic rings. The number of rotatable bonds is 1. The van der Waals surface area contributed by atoms with Gasteiger partial charge in [-0.25, -0.2) is 0 Å². The maximum Gasteiger partial charge on any atom is 0.249 e. The van der Waals surface area contributed by atoms with Crippen LogP contribution in [0, 0.1) is 19.8 Å². The molecule has 1 atom stereocenters. The van der Waals surface area contributed by atoms with Gasteiger partial charge in [0.05, 0.1) is 11.4 Å². The molecule has 1 aromatic rings. The second kappa shape index (κ2) is 4.06. The molecule has 17 heavy (non-hydrogen) atoms. The second-order valence-electron chi connectivity index (χ2n) is 5.24. The molecule has 1 heterocycles. The summed E-state index contributed by atoms with van der Waals surface area (Å²) in [7, 11) is 1.86. The Hall–Kier alpha value is -1.51. The van der Waals surface area contributed by atoms with E-state index in [-0.39, 0.29) is 11.9 Å². The number of aryl methyl sites for hydroxylation is 2. The van der Waals surface area contributed by atoms with Crippen molar-refractivity contribution in [2.24, 2.45) is 5.92 Å². The zero-order valence-corrected chi connectivity index (χ0v) is 11.2. The largest absolute Gasteiger partial charge is 0.372 e. The van der Waals surface area contributed by atoms with Gasteiger partial charge < -0.3 is 10.2 Å². The highest BCUT2D eigenvalue weighted by Crippen LogP contribution is 2.36. The van der Waals surface area contributed by atoms with E-state index in [9.17, 15) is 4.79 Å². The lowest BCUT2D eigenvalue weighted by atomic mass is 9.97. The normalized spacial score (nSPS) is 19.3. The van der Waals surface area contributed by atoms with Gasteiger partial charge in [-0.1, -0.05) is 19.9 Å². The van der Waals surface area contributed by atoms with Crippen LogP contribution in [0.2, 0.25) is 0 Å². The van der Waals surface area contributed by atoms with E-state index in [0.29, 0.717) is 5.92 Å². The second-order valence-corrected chi connectivity index (χ2v) is 5.24. The maximum absolute atomic E-state index is 12.2. The number of benzene rings is 1. The van der Waals surface area contributed by atoms with Crippen LogP contribution in [0.4, 0.5) is 11.4 Å². The number of nitrogens with zero attached hydrogens (tertiary/aromatic N) is 1. The number of nitrogens with one attached hydrogen (secondary N) is 1. The van der Waals surface area contributed by atoms with Crippen molar-refractivity contribution in [3.8, 4) is 0 Å². The van der Waals surface area contributed by atoms with Crippen LogP contribution in [0.25, 0.3) is 0 Å². The zero-order valence-electron chi connectivity index (χ0n) is 11.2. The van der Waals surface area contributed by atoms with E-state index in [0.717, 1.165) is 16.9 Å². The minimum Gasteiger partial charge on any atom is -0.372 e. The van der Waals surface area contributed by atoms with E-state index in [2.05, 4.69) is 38.2 Å². The molecule has 1 aromatic carbocycles. The standard InChI is InChI=1S/C14H20N2O/c1-8(2)12-14(17)16(5)13-10(4)6-9(3)7-11(13)15-12/h6-8,12,15H,1-5H3. The first-order valence-electron chi connectivity index (χ1n) is 6.07. The molecule has 0 aliphatic carbocycles. The van der Waals surface area contributed by atoms with E-state index in [1.165, 1.54) is 5.56 Å². The molecular weight excluding hydrogens is 212 g/mol. The third kappa shape index (κ3) is 1.90. The van der Waals surface area contributed by atoms with Gasteiger partial charge in [-0.15, -0.1) is 0 Å². The molecule has 0 radical (unpaired) electrons. The summed E-state index contributed by atoms with van der Waals surface area (Å²) in [6.07, 6.45) is 0. The van der Waals surface area contributed by atoms with Crippen LogP contribution in [-0.4, -0.2) is 19.0 Å². The van der Waals surface area contributed by atoms with Gasteiger partial charge in [-0.3, -0.25) is 4.79 Å². The molecule has 0 saturated heterocycles. The summed E-state index contributed by atoms with van der Waals surface area (Å²) in [5.74, 6) is 0.443. The number of amides is 1. The van der Waals surface area contributed by atoms with Gasteiger partial charge >= 0.3 is 0 Å². The minimum atomic E-state index is -0.117. The van der Waals surface area contributed by atoms with E-state index >= 15 is 0 Å². The lowest BCUT2D eigenvalue weighted by Crippen LogP contribution is -2.48. The van der Waals surface area contributed by atoms with Gasteiger partial charge in [-0.05, 0) is 37.0 Å². The molecule has 3 nitrogen and oxygen atoms in total. The highest BCUT2D eigenvalue weighted by Gasteiger charge is 2.32. The molecule has 0 fully saturated rings. The summed E-state index contributed by atoms with van der Waals surface area (Å²) in [6, 6.07) is 4.11. The lowest BCUT2D eigenvalue weighted by Gasteiger charge is -2.36. The first-order valence-corrected chi connectivity index (χ1v) is 6.07.